The van der Waals surface area contributed by atoms with Crippen LogP contribution in [-0.2, 0) is 16.6 Å². The first-order chi connectivity index (χ1) is 20.8. The zero-order chi connectivity index (χ0) is 30.0. The van der Waals surface area contributed by atoms with Crippen molar-refractivity contribution >= 4 is 38.0 Å². The first kappa shape index (κ1) is 28.7. The number of rotatable bonds is 8. The fraction of sp³-hybridized carbons (Fsp3) is 0.229. The molecule has 5 aromatic rings. The van der Waals surface area contributed by atoms with Crippen molar-refractivity contribution in [3.63, 3.8) is 0 Å². The summed E-state index contributed by atoms with van der Waals surface area (Å²) < 4.78 is 28.7. The van der Waals surface area contributed by atoms with Gasteiger partial charge >= 0.3 is 0 Å². The van der Waals surface area contributed by atoms with Crippen LogP contribution in [0.4, 0.5) is 11.4 Å². The molecule has 43 heavy (non-hydrogen) atoms. The minimum atomic E-state index is -3.79. The van der Waals surface area contributed by atoms with Crippen molar-refractivity contribution in [1.29, 1.82) is 0 Å². The monoisotopic (exact) mass is 592 g/mol. The third kappa shape index (κ3) is 6.21. The van der Waals surface area contributed by atoms with Gasteiger partial charge < -0.3 is 10.1 Å². The van der Waals surface area contributed by atoms with Crippen LogP contribution >= 0.6 is 0 Å². The van der Waals surface area contributed by atoms with Gasteiger partial charge in [0.2, 0.25) is 0 Å². The fourth-order valence-electron chi connectivity index (χ4n) is 5.96. The summed E-state index contributed by atoms with van der Waals surface area (Å²) in [5.41, 5.74) is 4.96. The summed E-state index contributed by atoms with van der Waals surface area (Å²) in [6.45, 7) is 5.53. The van der Waals surface area contributed by atoms with E-state index >= 15 is 0 Å². The lowest BCUT2D eigenvalue weighted by Gasteiger charge is -2.39. The van der Waals surface area contributed by atoms with Gasteiger partial charge in [-0.1, -0.05) is 67.1 Å². The van der Waals surface area contributed by atoms with Crippen LogP contribution in [0.3, 0.4) is 0 Å². The summed E-state index contributed by atoms with van der Waals surface area (Å²) in [5.74, 6) is -0.0367. The molecule has 0 saturated carbocycles. The van der Waals surface area contributed by atoms with Crippen molar-refractivity contribution in [2.75, 3.05) is 4.72 Å². The molecule has 2 atom stereocenters. The van der Waals surface area contributed by atoms with Crippen molar-refractivity contribution in [2.24, 2.45) is 4.99 Å². The second-order valence-corrected chi connectivity index (χ2v) is 13.0. The number of hydrogen-bond acceptors (Lipinski definition) is 5. The minimum absolute atomic E-state index is 0.0367. The average molecular weight is 593 g/mol. The Morgan fingerprint density at radius 2 is 1.56 bits per heavy atom. The number of nitrogens with zero attached hydrogens (tertiary/aromatic N) is 2. The summed E-state index contributed by atoms with van der Waals surface area (Å²) in [6, 6.07) is 32.5. The van der Waals surface area contributed by atoms with Crippen LogP contribution in [0.25, 0.3) is 10.9 Å². The number of piperidine rings is 1. The predicted octanol–water partition coefficient (Wildman–Crippen LogP) is 7.61. The van der Waals surface area contributed by atoms with Gasteiger partial charge in [-0.05, 0) is 74.7 Å². The van der Waals surface area contributed by atoms with Gasteiger partial charge in [0.25, 0.3) is 10.0 Å². The van der Waals surface area contributed by atoms with Gasteiger partial charge in [-0.15, -0.1) is 0 Å². The van der Waals surface area contributed by atoms with E-state index in [1.165, 1.54) is 24.8 Å². The number of aromatic nitrogens is 1. The largest absolute Gasteiger partial charge is 0.494 e. The Labute approximate surface area is 253 Å². The third-order valence-electron chi connectivity index (χ3n) is 8.29. The Hall–Kier alpha value is -4.40. The van der Waals surface area contributed by atoms with Crippen molar-refractivity contribution in [3.8, 4) is 5.88 Å². The van der Waals surface area contributed by atoms with Gasteiger partial charge in [-0.3, -0.25) is 9.62 Å². The maximum absolute atomic E-state index is 13.0. The van der Waals surface area contributed by atoms with Crippen LogP contribution in [0.15, 0.2) is 113 Å². The number of nitrogens with one attached hydrogen (secondary N) is 2. The van der Waals surface area contributed by atoms with Crippen molar-refractivity contribution in [1.82, 2.24) is 9.88 Å². The molecule has 4 aromatic carbocycles. The van der Waals surface area contributed by atoms with E-state index in [0.29, 0.717) is 39.9 Å². The van der Waals surface area contributed by atoms with E-state index in [9.17, 15) is 13.5 Å². The summed E-state index contributed by atoms with van der Waals surface area (Å²) in [7, 11) is -3.79. The molecule has 0 radical (unpaired) electrons. The Morgan fingerprint density at radius 1 is 0.907 bits per heavy atom. The summed E-state index contributed by atoms with van der Waals surface area (Å²) in [5, 5.41) is 11.8. The van der Waals surface area contributed by atoms with Gasteiger partial charge in [-0.2, -0.15) is 0 Å². The molecule has 220 valence electrons. The molecule has 3 N–H and O–H groups in total. The minimum Gasteiger partial charge on any atom is -0.494 e. The summed E-state index contributed by atoms with van der Waals surface area (Å²) in [4.78, 5) is 10.8. The Kier molecular flexibility index (Phi) is 8.06. The Morgan fingerprint density at radius 3 is 2.23 bits per heavy atom. The van der Waals surface area contributed by atoms with E-state index < -0.39 is 10.0 Å². The van der Waals surface area contributed by atoms with Crippen molar-refractivity contribution in [2.45, 2.75) is 56.6 Å². The lowest BCUT2D eigenvalue weighted by molar-refractivity contribution is 0.0953. The maximum atomic E-state index is 13.0. The molecule has 1 aliphatic rings. The Balaban J connectivity index is 1.37. The summed E-state index contributed by atoms with van der Waals surface area (Å²) >= 11 is 0. The zero-order valence-corrected chi connectivity index (χ0v) is 25.2. The molecule has 1 fully saturated rings. The van der Waals surface area contributed by atoms with Gasteiger partial charge in [0.1, 0.15) is 0 Å². The molecule has 0 amide bonds. The van der Waals surface area contributed by atoms with Crippen LogP contribution in [-0.4, -0.2) is 41.2 Å². The molecule has 1 aromatic heterocycles. The number of aromatic amines is 1. The molecule has 8 heteroatoms. The highest BCUT2D eigenvalue weighted by atomic mass is 32.2. The molecular formula is C35H36N4O3S. The number of fused-ring (bicyclic) bond motifs is 1. The van der Waals surface area contributed by atoms with E-state index in [1.54, 1.807) is 48.5 Å². The molecule has 0 bridgehead atoms. The van der Waals surface area contributed by atoms with Gasteiger partial charge in [0.05, 0.1) is 21.9 Å². The maximum Gasteiger partial charge on any atom is 0.261 e. The number of H-pyrrole nitrogens is 1. The normalized spacial score (nSPS) is 18.1. The number of aliphatic imine (C=N–C) groups is 1. The molecule has 2 unspecified atom stereocenters. The lowest BCUT2D eigenvalue weighted by Crippen LogP contribution is -2.42. The average Bonchev–Trinajstić information content (AvgIpc) is 3.34. The zero-order valence-electron chi connectivity index (χ0n) is 24.4. The highest BCUT2D eigenvalue weighted by molar-refractivity contribution is 7.92. The second kappa shape index (κ2) is 12.1. The quantitative estimate of drug-likeness (QED) is 0.162. The van der Waals surface area contributed by atoms with Crippen molar-refractivity contribution < 1.29 is 13.5 Å². The van der Waals surface area contributed by atoms with Crippen LogP contribution in [0, 0.1) is 0 Å². The highest BCUT2D eigenvalue weighted by Gasteiger charge is 2.25. The van der Waals surface area contributed by atoms with E-state index in [2.05, 4.69) is 40.6 Å². The number of anilines is 1. The van der Waals surface area contributed by atoms with Crippen LogP contribution < -0.4 is 4.72 Å². The molecule has 6 rings (SSSR count). The van der Waals surface area contributed by atoms with Crippen LogP contribution in [0.5, 0.6) is 5.88 Å². The molecule has 7 nitrogen and oxygen atoms in total. The van der Waals surface area contributed by atoms with E-state index in [4.69, 9.17) is 4.99 Å². The second-order valence-electron chi connectivity index (χ2n) is 11.3. The third-order valence-corrected chi connectivity index (χ3v) is 9.68. The lowest BCUT2D eigenvalue weighted by atomic mass is 9.96. The smallest absolute Gasteiger partial charge is 0.261 e. The van der Waals surface area contributed by atoms with Crippen LogP contribution in [0.1, 0.15) is 49.8 Å². The van der Waals surface area contributed by atoms with Gasteiger partial charge in [0.15, 0.2) is 5.88 Å². The van der Waals surface area contributed by atoms with E-state index in [0.717, 1.165) is 17.8 Å². The van der Waals surface area contributed by atoms with Crippen molar-refractivity contribution in [3.05, 3.63) is 120 Å². The van der Waals surface area contributed by atoms with Gasteiger partial charge in [-0.25, -0.2) is 13.4 Å². The number of likely N-dealkylation sites (tertiary alicyclic amines) is 1. The fourth-order valence-corrected chi connectivity index (χ4v) is 7.03. The molecule has 2 heterocycles. The number of aromatic hydroxyl groups is 1. The molecular weight excluding hydrogens is 556 g/mol. The number of hydrogen-bond donors (Lipinski definition) is 3. The Bertz CT molecular complexity index is 1840. The number of benzene rings is 4. The molecule has 0 aliphatic carbocycles. The number of sulfonamides is 1. The van der Waals surface area contributed by atoms with E-state index in [-0.39, 0.29) is 10.8 Å². The molecule has 1 saturated heterocycles. The first-order valence-corrected chi connectivity index (χ1v) is 16.2. The topological polar surface area (TPSA) is 97.8 Å². The SMILES string of the molecule is CC1CCCC(C)N1Cc1ccc(N=C(c2ccccc2)c2c(O)[nH]c3ccc(NS(=O)(=O)c4ccccc4)cc23)cc1. The predicted molar refractivity (Wildman–Crippen MR) is 174 cm³/mol. The first-order valence-electron chi connectivity index (χ1n) is 14.7. The van der Waals surface area contributed by atoms with E-state index in [1.807, 2.05) is 42.5 Å². The van der Waals surface area contributed by atoms with Gasteiger partial charge in [0, 0.05) is 40.8 Å². The standard InChI is InChI=1S/C35H36N4O3S/c1-24-10-9-11-25(2)39(24)23-26-16-18-28(19-17-26)36-34(27-12-5-3-6-13-27)33-31-22-29(20-21-32(31)37-35(33)40)38-43(41,42)30-14-7-4-8-15-30/h3-8,12-22,24-25,37-38,40H,9-11,23H2,1-2H3. The summed E-state index contributed by atoms with van der Waals surface area (Å²) in [6.07, 6.45) is 3.75. The highest BCUT2D eigenvalue weighted by Crippen LogP contribution is 2.34. The van der Waals surface area contributed by atoms with Crippen LogP contribution in [0.2, 0.25) is 0 Å². The molecule has 0 spiro atoms. The molecule has 1 aliphatic heterocycles.